The Hall–Kier alpha value is -3.45. The number of likely N-dealkylation sites (N-methyl/N-ethyl adjacent to an activating group) is 1. The van der Waals surface area contributed by atoms with Gasteiger partial charge in [-0.3, -0.25) is 9.78 Å². The third-order valence-corrected chi connectivity index (χ3v) is 5.51. The highest BCUT2D eigenvalue weighted by molar-refractivity contribution is 5.83. The molecule has 0 aliphatic carbocycles. The Bertz CT molecular complexity index is 1200. The van der Waals surface area contributed by atoms with Gasteiger partial charge in [0.15, 0.2) is 0 Å². The summed E-state index contributed by atoms with van der Waals surface area (Å²) in [5.74, 6) is 0.577. The van der Waals surface area contributed by atoms with Crippen LogP contribution in [-0.2, 0) is 0 Å². The quantitative estimate of drug-likeness (QED) is 0.566. The van der Waals surface area contributed by atoms with E-state index in [0.717, 1.165) is 48.3 Å². The number of nitrogens with one attached hydrogen (secondary N) is 2. The molecule has 2 N–H and O–H groups in total. The standard InChI is InChI=1S/C22H22N6O/c1-27-8-10-28(11-9-27)17-2-3-19-20(13-17)26-21(25-19)18-12-16(14-24-22(18)29)15-4-6-23-7-5-15/h2-7,12-14H,8-11H2,1H3,(H,24,29)(H,25,26). The SMILES string of the molecule is CN1CCN(c2ccc3nc(-c4cc(-c5ccncc5)c[nH]c4=O)[nH]c3c2)CC1. The van der Waals surface area contributed by atoms with E-state index in [2.05, 4.69) is 48.9 Å². The molecule has 7 heteroatoms. The van der Waals surface area contributed by atoms with Crippen molar-refractivity contribution in [1.82, 2.24) is 24.8 Å². The van der Waals surface area contributed by atoms with Crippen LogP contribution in [0.25, 0.3) is 33.5 Å². The second-order valence-electron chi connectivity index (χ2n) is 7.44. The van der Waals surface area contributed by atoms with Crippen molar-refractivity contribution in [1.29, 1.82) is 0 Å². The predicted molar refractivity (Wildman–Crippen MR) is 115 cm³/mol. The summed E-state index contributed by atoms with van der Waals surface area (Å²) in [5.41, 5.74) is 5.24. The van der Waals surface area contributed by atoms with Gasteiger partial charge in [-0.1, -0.05) is 0 Å². The van der Waals surface area contributed by atoms with Gasteiger partial charge in [-0.05, 0) is 54.6 Å². The largest absolute Gasteiger partial charge is 0.369 e. The Morgan fingerprint density at radius 3 is 2.55 bits per heavy atom. The smallest absolute Gasteiger partial charge is 0.259 e. The molecule has 1 saturated heterocycles. The van der Waals surface area contributed by atoms with Crippen molar-refractivity contribution in [2.45, 2.75) is 0 Å². The van der Waals surface area contributed by atoms with E-state index >= 15 is 0 Å². The summed E-state index contributed by atoms with van der Waals surface area (Å²) in [6.45, 7) is 4.14. The highest BCUT2D eigenvalue weighted by Gasteiger charge is 2.16. The Labute approximate surface area is 168 Å². The number of nitrogens with zero attached hydrogens (tertiary/aromatic N) is 4. The summed E-state index contributed by atoms with van der Waals surface area (Å²) in [5, 5.41) is 0. The summed E-state index contributed by atoms with van der Waals surface area (Å²) in [7, 11) is 2.15. The van der Waals surface area contributed by atoms with Crippen LogP contribution in [0.2, 0.25) is 0 Å². The van der Waals surface area contributed by atoms with Crippen molar-refractivity contribution in [3.05, 3.63) is 65.3 Å². The van der Waals surface area contributed by atoms with Gasteiger partial charge < -0.3 is 19.8 Å². The summed E-state index contributed by atoms with van der Waals surface area (Å²) < 4.78 is 0. The summed E-state index contributed by atoms with van der Waals surface area (Å²) in [6.07, 6.45) is 5.19. The molecule has 0 amide bonds. The molecule has 1 aromatic carbocycles. The summed E-state index contributed by atoms with van der Waals surface area (Å²) >= 11 is 0. The minimum Gasteiger partial charge on any atom is -0.369 e. The number of H-pyrrole nitrogens is 2. The van der Waals surface area contributed by atoms with Crippen molar-refractivity contribution in [3.63, 3.8) is 0 Å². The lowest BCUT2D eigenvalue weighted by atomic mass is 10.1. The molecule has 4 aromatic rings. The molecule has 146 valence electrons. The van der Waals surface area contributed by atoms with E-state index in [1.165, 1.54) is 5.69 Å². The Morgan fingerprint density at radius 2 is 1.76 bits per heavy atom. The van der Waals surface area contributed by atoms with Crippen LogP contribution in [0.1, 0.15) is 0 Å². The molecule has 29 heavy (non-hydrogen) atoms. The molecule has 1 aliphatic rings. The fourth-order valence-electron chi connectivity index (χ4n) is 3.76. The highest BCUT2D eigenvalue weighted by atomic mass is 16.1. The lowest BCUT2D eigenvalue weighted by Gasteiger charge is -2.34. The third kappa shape index (κ3) is 3.40. The summed E-state index contributed by atoms with van der Waals surface area (Å²) in [4.78, 5) is 32.1. The molecule has 3 aromatic heterocycles. The van der Waals surface area contributed by atoms with E-state index in [0.29, 0.717) is 11.4 Å². The number of aromatic amines is 2. The van der Waals surface area contributed by atoms with Crippen LogP contribution in [-0.4, -0.2) is 58.1 Å². The van der Waals surface area contributed by atoms with Crippen LogP contribution in [0.5, 0.6) is 0 Å². The molecular formula is C22H22N6O. The number of benzene rings is 1. The second-order valence-corrected chi connectivity index (χ2v) is 7.44. The number of rotatable bonds is 3. The fraction of sp³-hybridized carbons (Fsp3) is 0.227. The van der Waals surface area contributed by atoms with Crippen LogP contribution in [0.4, 0.5) is 5.69 Å². The molecule has 0 saturated carbocycles. The number of fused-ring (bicyclic) bond motifs is 1. The molecule has 0 unspecified atom stereocenters. The number of imidazole rings is 1. The molecule has 0 atom stereocenters. The fourth-order valence-corrected chi connectivity index (χ4v) is 3.76. The van der Waals surface area contributed by atoms with Crippen LogP contribution in [0.3, 0.4) is 0 Å². The Morgan fingerprint density at radius 1 is 0.966 bits per heavy atom. The third-order valence-electron chi connectivity index (χ3n) is 5.51. The van der Waals surface area contributed by atoms with E-state index in [4.69, 9.17) is 0 Å². The van der Waals surface area contributed by atoms with Crippen molar-refractivity contribution in [3.8, 4) is 22.5 Å². The molecule has 5 rings (SSSR count). The first-order valence-electron chi connectivity index (χ1n) is 9.74. The molecule has 4 heterocycles. The first-order valence-corrected chi connectivity index (χ1v) is 9.74. The molecular weight excluding hydrogens is 364 g/mol. The molecule has 1 fully saturated rings. The molecule has 0 bridgehead atoms. The first kappa shape index (κ1) is 17.6. The van der Waals surface area contributed by atoms with Crippen LogP contribution >= 0.6 is 0 Å². The molecule has 1 aliphatic heterocycles. The van der Waals surface area contributed by atoms with Gasteiger partial charge in [0.2, 0.25) is 0 Å². The Kier molecular flexibility index (Phi) is 4.37. The van der Waals surface area contributed by atoms with Gasteiger partial charge in [0, 0.05) is 50.5 Å². The predicted octanol–water partition coefficient (Wildman–Crippen LogP) is 2.73. The van der Waals surface area contributed by atoms with Crippen molar-refractivity contribution >= 4 is 16.7 Å². The van der Waals surface area contributed by atoms with Crippen LogP contribution in [0.15, 0.2) is 59.8 Å². The first-order chi connectivity index (χ1) is 14.2. The van der Waals surface area contributed by atoms with Crippen molar-refractivity contribution in [2.24, 2.45) is 0 Å². The number of pyridine rings is 2. The number of piperazine rings is 1. The maximum atomic E-state index is 12.5. The van der Waals surface area contributed by atoms with Gasteiger partial charge in [0.1, 0.15) is 5.82 Å². The van der Waals surface area contributed by atoms with Crippen LogP contribution < -0.4 is 10.5 Å². The van der Waals surface area contributed by atoms with Gasteiger partial charge in [-0.15, -0.1) is 0 Å². The van der Waals surface area contributed by atoms with Gasteiger partial charge in [0.05, 0.1) is 16.6 Å². The van der Waals surface area contributed by atoms with Crippen molar-refractivity contribution < 1.29 is 0 Å². The monoisotopic (exact) mass is 386 g/mol. The second kappa shape index (κ2) is 7.18. The zero-order valence-electron chi connectivity index (χ0n) is 16.2. The van der Waals surface area contributed by atoms with Gasteiger partial charge >= 0.3 is 0 Å². The highest BCUT2D eigenvalue weighted by Crippen LogP contribution is 2.26. The number of aromatic nitrogens is 4. The van der Waals surface area contributed by atoms with E-state index < -0.39 is 0 Å². The van der Waals surface area contributed by atoms with Crippen LogP contribution in [0, 0.1) is 0 Å². The van der Waals surface area contributed by atoms with Crippen molar-refractivity contribution in [2.75, 3.05) is 38.1 Å². The van der Waals surface area contributed by atoms with Gasteiger partial charge in [-0.2, -0.15) is 0 Å². The zero-order chi connectivity index (χ0) is 19.8. The lowest BCUT2D eigenvalue weighted by molar-refractivity contribution is 0.313. The van der Waals surface area contributed by atoms with E-state index in [1.807, 2.05) is 24.3 Å². The lowest BCUT2D eigenvalue weighted by Crippen LogP contribution is -2.44. The maximum Gasteiger partial charge on any atom is 0.259 e. The average Bonchev–Trinajstić information content (AvgIpc) is 3.18. The van der Waals surface area contributed by atoms with Gasteiger partial charge in [-0.25, -0.2) is 4.98 Å². The molecule has 7 nitrogen and oxygen atoms in total. The summed E-state index contributed by atoms with van der Waals surface area (Å²) in [6, 6.07) is 11.9. The average molecular weight is 386 g/mol. The van der Waals surface area contributed by atoms with Gasteiger partial charge in [0.25, 0.3) is 5.56 Å². The number of hydrogen-bond donors (Lipinski definition) is 2. The minimum atomic E-state index is -0.166. The molecule has 0 radical (unpaired) electrons. The maximum absolute atomic E-state index is 12.5. The normalized spacial score (nSPS) is 15.1. The molecule has 0 spiro atoms. The number of hydrogen-bond acceptors (Lipinski definition) is 5. The van der Waals surface area contributed by atoms with E-state index in [-0.39, 0.29) is 5.56 Å². The minimum absolute atomic E-state index is 0.166. The Balaban J connectivity index is 1.52. The van der Waals surface area contributed by atoms with E-state index in [9.17, 15) is 4.79 Å². The number of anilines is 1. The topological polar surface area (TPSA) is 80.9 Å². The van der Waals surface area contributed by atoms with E-state index in [1.54, 1.807) is 18.6 Å². The zero-order valence-corrected chi connectivity index (χ0v) is 16.2.